The lowest BCUT2D eigenvalue weighted by Crippen LogP contribution is -2.32. The highest BCUT2D eigenvalue weighted by Gasteiger charge is 2.18. The van der Waals surface area contributed by atoms with E-state index in [0.29, 0.717) is 17.9 Å². The van der Waals surface area contributed by atoms with Crippen molar-refractivity contribution in [3.8, 4) is 5.75 Å². The van der Waals surface area contributed by atoms with E-state index in [4.69, 9.17) is 4.74 Å². The molecule has 1 aromatic heterocycles. The van der Waals surface area contributed by atoms with Crippen LogP contribution in [-0.2, 0) is 24.1 Å². The number of nitrogens with zero attached hydrogens (tertiary/aromatic N) is 1. The number of benzene rings is 2. The van der Waals surface area contributed by atoms with Gasteiger partial charge in [0.2, 0.25) is 5.91 Å². The van der Waals surface area contributed by atoms with Gasteiger partial charge in [-0.3, -0.25) is 9.59 Å². The molecule has 0 unspecified atom stereocenters. The SMILES string of the molecule is CC(C)c1nc(C[C@H](NC(=O)Cc2ccc3c(c2)CCCO3)c2ccccc2)cc(=O)[nH]1. The summed E-state index contributed by atoms with van der Waals surface area (Å²) in [5.74, 6) is 1.62. The van der Waals surface area contributed by atoms with Gasteiger partial charge in [0.15, 0.2) is 0 Å². The zero-order chi connectivity index (χ0) is 22.5. The quantitative estimate of drug-likeness (QED) is 0.595. The van der Waals surface area contributed by atoms with Crippen LogP contribution in [0, 0.1) is 0 Å². The predicted molar refractivity (Wildman–Crippen MR) is 124 cm³/mol. The molecule has 2 aromatic carbocycles. The summed E-state index contributed by atoms with van der Waals surface area (Å²) in [4.78, 5) is 32.5. The lowest BCUT2D eigenvalue weighted by molar-refractivity contribution is -0.121. The molecule has 166 valence electrons. The molecule has 0 saturated carbocycles. The third kappa shape index (κ3) is 5.44. The summed E-state index contributed by atoms with van der Waals surface area (Å²) >= 11 is 0. The average molecular weight is 432 g/mol. The Bertz CT molecular complexity index is 1140. The van der Waals surface area contributed by atoms with Crippen LogP contribution < -0.4 is 15.6 Å². The van der Waals surface area contributed by atoms with E-state index in [0.717, 1.165) is 41.9 Å². The molecule has 4 rings (SSSR count). The molecule has 1 aliphatic heterocycles. The molecule has 0 aliphatic carbocycles. The monoisotopic (exact) mass is 431 g/mol. The van der Waals surface area contributed by atoms with Crippen molar-refractivity contribution >= 4 is 5.91 Å². The summed E-state index contributed by atoms with van der Waals surface area (Å²) < 4.78 is 5.67. The first kappa shape index (κ1) is 21.8. The number of carbonyl (C=O) groups excluding carboxylic acids is 1. The van der Waals surface area contributed by atoms with Gasteiger partial charge in [-0.25, -0.2) is 4.98 Å². The van der Waals surface area contributed by atoms with E-state index in [9.17, 15) is 9.59 Å². The maximum absolute atomic E-state index is 13.0. The second-order valence-corrected chi connectivity index (χ2v) is 8.58. The average Bonchev–Trinajstić information content (AvgIpc) is 2.78. The number of ether oxygens (including phenoxy) is 1. The molecule has 0 spiro atoms. The molecule has 3 aromatic rings. The molecule has 6 heteroatoms. The topological polar surface area (TPSA) is 84.1 Å². The van der Waals surface area contributed by atoms with Crippen molar-refractivity contribution in [1.29, 1.82) is 0 Å². The van der Waals surface area contributed by atoms with Gasteiger partial charge in [0.05, 0.1) is 24.8 Å². The standard InChI is InChI=1S/C26H29N3O3/c1-17(2)26-27-21(16-25(31)29-26)15-22(19-7-4-3-5-8-19)28-24(30)14-18-10-11-23-20(13-18)9-6-12-32-23/h3-5,7-8,10-11,13,16-17,22H,6,9,12,14-15H2,1-2H3,(H,28,30)(H,27,29,31)/t22-/m0/s1. The van der Waals surface area contributed by atoms with Crippen LogP contribution in [0.25, 0.3) is 0 Å². The molecular weight excluding hydrogens is 402 g/mol. The van der Waals surface area contributed by atoms with Gasteiger partial charge in [-0.15, -0.1) is 0 Å². The van der Waals surface area contributed by atoms with Crippen LogP contribution in [0.2, 0.25) is 0 Å². The minimum atomic E-state index is -0.279. The molecule has 2 heterocycles. The number of hydrogen-bond donors (Lipinski definition) is 2. The van der Waals surface area contributed by atoms with E-state index in [2.05, 4.69) is 21.4 Å². The molecule has 0 bridgehead atoms. The number of fused-ring (bicyclic) bond motifs is 1. The maximum Gasteiger partial charge on any atom is 0.251 e. The molecule has 1 aliphatic rings. The van der Waals surface area contributed by atoms with Gasteiger partial charge in [-0.05, 0) is 35.6 Å². The van der Waals surface area contributed by atoms with Crippen LogP contribution in [-0.4, -0.2) is 22.5 Å². The number of carbonyl (C=O) groups is 1. The molecule has 6 nitrogen and oxygen atoms in total. The first-order valence-electron chi connectivity index (χ1n) is 11.2. The minimum Gasteiger partial charge on any atom is -0.493 e. The highest BCUT2D eigenvalue weighted by molar-refractivity contribution is 5.79. The van der Waals surface area contributed by atoms with Gasteiger partial charge in [0.1, 0.15) is 11.6 Å². The Balaban J connectivity index is 1.52. The van der Waals surface area contributed by atoms with Crippen molar-refractivity contribution in [2.24, 2.45) is 0 Å². The van der Waals surface area contributed by atoms with Gasteiger partial charge in [-0.1, -0.05) is 56.3 Å². The van der Waals surface area contributed by atoms with Crippen molar-refractivity contribution in [2.75, 3.05) is 6.61 Å². The Kier molecular flexibility index (Phi) is 6.69. The van der Waals surface area contributed by atoms with E-state index in [-0.39, 0.29) is 29.8 Å². The molecule has 2 N–H and O–H groups in total. The Hall–Kier alpha value is -3.41. The highest BCUT2D eigenvalue weighted by Crippen LogP contribution is 2.26. The Morgan fingerprint density at radius 1 is 1.16 bits per heavy atom. The zero-order valence-corrected chi connectivity index (χ0v) is 18.6. The Morgan fingerprint density at radius 2 is 1.97 bits per heavy atom. The number of aryl methyl sites for hydroxylation is 1. The van der Waals surface area contributed by atoms with Gasteiger partial charge in [0, 0.05) is 18.4 Å². The van der Waals surface area contributed by atoms with E-state index < -0.39 is 0 Å². The van der Waals surface area contributed by atoms with Crippen molar-refractivity contribution in [3.63, 3.8) is 0 Å². The molecule has 0 saturated heterocycles. The molecule has 0 fully saturated rings. The van der Waals surface area contributed by atoms with Crippen molar-refractivity contribution in [1.82, 2.24) is 15.3 Å². The lowest BCUT2D eigenvalue weighted by Gasteiger charge is -2.20. The van der Waals surface area contributed by atoms with Crippen molar-refractivity contribution in [2.45, 2.75) is 51.5 Å². The van der Waals surface area contributed by atoms with Gasteiger partial charge in [0.25, 0.3) is 5.56 Å². The fraction of sp³-hybridized carbons (Fsp3) is 0.346. The smallest absolute Gasteiger partial charge is 0.251 e. The zero-order valence-electron chi connectivity index (χ0n) is 18.6. The largest absolute Gasteiger partial charge is 0.493 e. The number of aromatic nitrogens is 2. The summed E-state index contributed by atoms with van der Waals surface area (Å²) in [6.45, 7) is 4.73. The fourth-order valence-corrected chi connectivity index (χ4v) is 4.01. The molecule has 1 amide bonds. The maximum atomic E-state index is 13.0. The van der Waals surface area contributed by atoms with Gasteiger partial charge >= 0.3 is 0 Å². The number of H-pyrrole nitrogens is 1. The van der Waals surface area contributed by atoms with Crippen molar-refractivity contribution in [3.05, 3.63) is 93.2 Å². The molecular formula is C26H29N3O3. The van der Waals surface area contributed by atoms with Gasteiger partial charge < -0.3 is 15.0 Å². The van der Waals surface area contributed by atoms with Crippen LogP contribution in [0.15, 0.2) is 59.4 Å². The summed E-state index contributed by atoms with van der Waals surface area (Å²) in [6.07, 6.45) is 2.71. The normalized spacial score (nSPS) is 13.8. The molecule has 0 radical (unpaired) electrons. The summed E-state index contributed by atoms with van der Waals surface area (Å²) in [5.41, 5.74) is 3.60. The van der Waals surface area contributed by atoms with Crippen LogP contribution in [0.1, 0.15) is 60.4 Å². The van der Waals surface area contributed by atoms with Crippen LogP contribution in [0.3, 0.4) is 0 Å². The number of nitrogens with one attached hydrogen (secondary N) is 2. The first-order chi connectivity index (χ1) is 15.5. The third-order valence-electron chi connectivity index (χ3n) is 5.65. The first-order valence-corrected chi connectivity index (χ1v) is 11.2. The second-order valence-electron chi connectivity index (χ2n) is 8.58. The second kappa shape index (κ2) is 9.81. The Morgan fingerprint density at radius 3 is 2.75 bits per heavy atom. The minimum absolute atomic E-state index is 0.0653. The van der Waals surface area contributed by atoms with Crippen molar-refractivity contribution < 1.29 is 9.53 Å². The fourth-order valence-electron chi connectivity index (χ4n) is 4.01. The predicted octanol–water partition coefficient (Wildman–Crippen LogP) is 3.86. The molecule has 32 heavy (non-hydrogen) atoms. The van der Waals surface area contributed by atoms with E-state index in [1.165, 1.54) is 6.07 Å². The number of aromatic amines is 1. The van der Waals surface area contributed by atoms with Gasteiger partial charge in [-0.2, -0.15) is 0 Å². The van der Waals surface area contributed by atoms with E-state index >= 15 is 0 Å². The number of hydrogen-bond acceptors (Lipinski definition) is 4. The van der Waals surface area contributed by atoms with Crippen LogP contribution in [0.5, 0.6) is 5.75 Å². The third-order valence-corrected chi connectivity index (χ3v) is 5.65. The summed E-state index contributed by atoms with van der Waals surface area (Å²) in [6, 6.07) is 17.0. The van der Waals surface area contributed by atoms with E-state index in [1.54, 1.807) is 0 Å². The number of rotatable bonds is 7. The van der Waals surface area contributed by atoms with Crippen LogP contribution in [0.4, 0.5) is 0 Å². The van der Waals surface area contributed by atoms with Crippen LogP contribution >= 0.6 is 0 Å². The van der Waals surface area contributed by atoms with E-state index in [1.807, 2.05) is 56.3 Å². The lowest BCUT2D eigenvalue weighted by atomic mass is 9.99. The highest BCUT2D eigenvalue weighted by atomic mass is 16.5. The summed E-state index contributed by atoms with van der Waals surface area (Å²) in [5, 5.41) is 3.16. The number of amides is 1. The Labute approximate surface area is 188 Å². The summed E-state index contributed by atoms with van der Waals surface area (Å²) in [7, 11) is 0. The molecule has 1 atom stereocenters.